The van der Waals surface area contributed by atoms with Crippen LogP contribution in [0.4, 0.5) is 0 Å². The van der Waals surface area contributed by atoms with E-state index >= 15 is 0 Å². The van der Waals surface area contributed by atoms with Gasteiger partial charge in [-0.2, -0.15) is 5.10 Å². The van der Waals surface area contributed by atoms with E-state index in [4.69, 9.17) is 18.0 Å². The number of benzene rings is 1. The van der Waals surface area contributed by atoms with Crippen molar-refractivity contribution in [1.29, 1.82) is 0 Å². The van der Waals surface area contributed by atoms with Gasteiger partial charge in [-0.25, -0.2) is 4.68 Å². The van der Waals surface area contributed by atoms with Gasteiger partial charge < -0.3 is 5.73 Å². The van der Waals surface area contributed by atoms with Crippen LogP contribution in [0, 0.1) is 20.8 Å². The maximum atomic E-state index is 5.57. The molecule has 0 saturated carbocycles. The summed E-state index contributed by atoms with van der Waals surface area (Å²) in [5, 5.41) is 4.51. The first-order valence-corrected chi connectivity index (χ1v) is 5.84. The van der Waals surface area contributed by atoms with Crippen molar-refractivity contribution in [1.82, 2.24) is 9.78 Å². The fraction of sp³-hybridized carbons (Fsp3) is 0.231. The average Bonchev–Trinajstić information content (AvgIpc) is 2.57. The fourth-order valence-electron chi connectivity index (χ4n) is 1.74. The normalized spacial score (nSPS) is 10.5. The summed E-state index contributed by atoms with van der Waals surface area (Å²) in [5.74, 6) is 0. The van der Waals surface area contributed by atoms with Gasteiger partial charge in [0.15, 0.2) is 0 Å². The average molecular weight is 245 g/mol. The Kier molecular flexibility index (Phi) is 2.98. The molecule has 2 N–H and O–H groups in total. The molecule has 0 atom stereocenters. The zero-order valence-corrected chi connectivity index (χ0v) is 11.0. The van der Waals surface area contributed by atoms with Crippen molar-refractivity contribution in [3.8, 4) is 5.69 Å². The molecule has 1 aromatic carbocycles. The Balaban J connectivity index is 2.47. The van der Waals surface area contributed by atoms with E-state index in [-0.39, 0.29) is 0 Å². The number of aryl methyl sites for hydroxylation is 1. The second-order valence-electron chi connectivity index (χ2n) is 4.12. The van der Waals surface area contributed by atoms with Gasteiger partial charge >= 0.3 is 0 Å². The molecule has 0 saturated heterocycles. The Hall–Kier alpha value is -1.68. The highest BCUT2D eigenvalue weighted by Crippen LogP contribution is 2.17. The third-order valence-corrected chi connectivity index (χ3v) is 3.29. The summed E-state index contributed by atoms with van der Waals surface area (Å²) in [6, 6.07) is 7.80. The number of aromatic nitrogens is 2. The summed E-state index contributed by atoms with van der Waals surface area (Å²) in [5.41, 5.74) is 10.9. The van der Waals surface area contributed by atoms with Crippen LogP contribution in [0.1, 0.15) is 22.5 Å². The first kappa shape index (κ1) is 11.8. The minimum absolute atomic E-state index is 0.418. The predicted octanol–water partition coefficient (Wildman–Crippen LogP) is 2.43. The molecular weight excluding hydrogens is 230 g/mol. The van der Waals surface area contributed by atoms with Gasteiger partial charge in [0.1, 0.15) is 4.99 Å². The van der Waals surface area contributed by atoms with E-state index in [0.29, 0.717) is 4.99 Å². The van der Waals surface area contributed by atoms with E-state index in [2.05, 4.69) is 18.9 Å². The molecule has 0 fully saturated rings. The maximum Gasteiger partial charge on any atom is 0.103 e. The van der Waals surface area contributed by atoms with Crippen LogP contribution in [0.3, 0.4) is 0 Å². The Labute approximate surface area is 106 Å². The molecule has 0 aliphatic heterocycles. The van der Waals surface area contributed by atoms with Gasteiger partial charge in [0, 0.05) is 11.3 Å². The third-order valence-electron chi connectivity index (χ3n) is 3.05. The Bertz CT molecular complexity index is 567. The van der Waals surface area contributed by atoms with Gasteiger partial charge in [0.25, 0.3) is 0 Å². The van der Waals surface area contributed by atoms with Crippen molar-refractivity contribution in [3.63, 3.8) is 0 Å². The number of nitrogens with zero attached hydrogens (tertiary/aromatic N) is 2. The minimum atomic E-state index is 0.418. The second-order valence-corrected chi connectivity index (χ2v) is 4.56. The molecule has 1 aromatic heterocycles. The molecule has 3 nitrogen and oxygen atoms in total. The predicted molar refractivity (Wildman–Crippen MR) is 73.7 cm³/mol. The van der Waals surface area contributed by atoms with Crippen LogP contribution in [0.25, 0.3) is 5.69 Å². The van der Waals surface area contributed by atoms with E-state index in [9.17, 15) is 0 Å². The molecule has 0 bridgehead atoms. The molecule has 0 aliphatic carbocycles. The van der Waals surface area contributed by atoms with Crippen LogP contribution in [-0.2, 0) is 0 Å². The lowest BCUT2D eigenvalue weighted by molar-refractivity contribution is 0.833. The summed E-state index contributed by atoms with van der Waals surface area (Å²) in [4.78, 5) is 0.418. The molecular formula is C13H15N3S. The van der Waals surface area contributed by atoms with E-state index < -0.39 is 0 Å². The van der Waals surface area contributed by atoms with Crippen LogP contribution >= 0.6 is 12.2 Å². The van der Waals surface area contributed by atoms with Crippen LogP contribution in [0.2, 0.25) is 0 Å². The lowest BCUT2D eigenvalue weighted by Crippen LogP contribution is -2.09. The summed E-state index contributed by atoms with van der Waals surface area (Å²) in [7, 11) is 0. The molecule has 88 valence electrons. The zero-order valence-electron chi connectivity index (χ0n) is 10.2. The Morgan fingerprint density at radius 1 is 1.18 bits per heavy atom. The van der Waals surface area contributed by atoms with Crippen molar-refractivity contribution in [2.24, 2.45) is 5.73 Å². The Morgan fingerprint density at radius 2 is 1.76 bits per heavy atom. The molecule has 2 rings (SSSR count). The van der Waals surface area contributed by atoms with E-state index in [1.54, 1.807) is 0 Å². The molecule has 2 aromatic rings. The lowest BCUT2D eigenvalue weighted by Gasteiger charge is -2.05. The van der Waals surface area contributed by atoms with Crippen molar-refractivity contribution in [3.05, 3.63) is 46.8 Å². The maximum absolute atomic E-state index is 5.57. The molecule has 0 spiro atoms. The van der Waals surface area contributed by atoms with Crippen molar-refractivity contribution < 1.29 is 0 Å². The van der Waals surface area contributed by atoms with Gasteiger partial charge in [0.2, 0.25) is 0 Å². The Morgan fingerprint density at radius 3 is 2.18 bits per heavy atom. The standard InChI is InChI=1S/C13H15N3S/c1-8-9(2)15-16(10(8)3)12-6-4-11(5-7-12)13(14)17/h4-7H,1-3H3,(H2,14,17). The van der Waals surface area contributed by atoms with E-state index in [1.165, 1.54) is 5.56 Å². The quantitative estimate of drug-likeness (QED) is 0.826. The van der Waals surface area contributed by atoms with Gasteiger partial charge in [-0.3, -0.25) is 0 Å². The van der Waals surface area contributed by atoms with Gasteiger partial charge in [0.05, 0.1) is 11.4 Å². The van der Waals surface area contributed by atoms with Crippen LogP contribution in [0.5, 0.6) is 0 Å². The molecule has 0 amide bonds. The molecule has 0 aliphatic rings. The highest BCUT2D eigenvalue weighted by molar-refractivity contribution is 7.80. The number of nitrogens with two attached hydrogens (primary N) is 1. The highest BCUT2D eigenvalue weighted by Gasteiger charge is 2.08. The smallest absolute Gasteiger partial charge is 0.103 e. The largest absolute Gasteiger partial charge is 0.389 e. The van der Waals surface area contributed by atoms with Crippen molar-refractivity contribution >= 4 is 17.2 Å². The third kappa shape index (κ3) is 2.08. The van der Waals surface area contributed by atoms with Gasteiger partial charge in [-0.1, -0.05) is 12.2 Å². The fourth-order valence-corrected chi connectivity index (χ4v) is 1.88. The lowest BCUT2D eigenvalue weighted by atomic mass is 10.2. The van der Waals surface area contributed by atoms with E-state index in [1.807, 2.05) is 35.9 Å². The van der Waals surface area contributed by atoms with Crippen molar-refractivity contribution in [2.75, 3.05) is 0 Å². The second kappa shape index (κ2) is 4.30. The van der Waals surface area contributed by atoms with E-state index in [0.717, 1.165) is 22.6 Å². The van der Waals surface area contributed by atoms with Crippen LogP contribution < -0.4 is 5.73 Å². The number of hydrogen-bond donors (Lipinski definition) is 1. The number of thiocarbonyl (C=S) groups is 1. The van der Waals surface area contributed by atoms with Crippen LogP contribution in [0.15, 0.2) is 24.3 Å². The minimum Gasteiger partial charge on any atom is -0.389 e. The molecule has 0 unspecified atom stereocenters. The highest BCUT2D eigenvalue weighted by atomic mass is 32.1. The van der Waals surface area contributed by atoms with Gasteiger partial charge in [-0.15, -0.1) is 0 Å². The van der Waals surface area contributed by atoms with Crippen LogP contribution in [-0.4, -0.2) is 14.8 Å². The number of rotatable bonds is 2. The van der Waals surface area contributed by atoms with Crippen molar-refractivity contribution in [2.45, 2.75) is 20.8 Å². The SMILES string of the molecule is Cc1nn(-c2ccc(C(N)=S)cc2)c(C)c1C. The zero-order chi connectivity index (χ0) is 12.6. The topological polar surface area (TPSA) is 43.8 Å². The molecule has 0 radical (unpaired) electrons. The summed E-state index contributed by atoms with van der Waals surface area (Å²) in [6.45, 7) is 6.16. The summed E-state index contributed by atoms with van der Waals surface area (Å²) in [6.07, 6.45) is 0. The summed E-state index contributed by atoms with van der Waals surface area (Å²) >= 11 is 4.93. The monoisotopic (exact) mass is 245 g/mol. The van der Waals surface area contributed by atoms with Gasteiger partial charge in [-0.05, 0) is 50.6 Å². The number of hydrogen-bond acceptors (Lipinski definition) is 2. The molecule has 4 heteroatoms. The summed E-state index contributed by atoms with van der Waals surface area (Å²) < 4.78 is 1.94. The first-order valence-electron chi connectivity index (χ1n) is 5.43. The molecule has 1 heterocycles. The molecule has 17 heavy (non-hydrogen) atoms. The first-order chi connectivity index (χ1) is 8.00.